The molecule has 0 N–H and O–H groups in total. The molecule has 0 atom stereocenters. The molecule has 1 aliphatic rings. The van der Waals surface area contributed by atoms with E-state index in [-0.39, 0.29) is 5.41 Å². The predicted molar refractivity (Wildman–Crippen MR) is 84.4 cm³/mol. The predicted octanol–water partition coefficient (Wildman–Crippen LogP) is 4.12. The van der Waals surface area contributed by atoms with Crippen LogP contribution in [0, 0.1) is 6.92 Å². The van der Waals surface area contributed by atoms with E-state index >= 15 is 0 Å². The molecule has 0 unspecified atom stereocenters. The minimum Gasteiger partial charge on any atom is -0.496 e. The van der Waals surface area contributed by atoms with E-state index < -0.39 is 0 Å². The highest BCUT2D eigenvalue weighted by Gasteiger charge is 2.45. The third-order valence-electron chi connectivity index (χ3n) is 4.78. The molecule has 1 aliphatic carbocycles. The number of aromatic nitrogens is 2. The maximum absolute atomic E-state index is 5.61. The first-order valence-corrected chi connectivity index (χ1v) is 7.75. The Morgan fingerprint density at radius 3 is 2.74 bits per heavy atom. The van der Waals surface area contributed by atoms with Gasteiger partial charge >= 0.3 is 0 Å². The van der Waals surface area contributed by atoms with Crippen molar-refractivity contribution >= 4 is 0 Å². The maximum atomic E-state index is 5.61. The average molecular weight is 310 g/mol. The van der Waals surface area contributed by atoms with Gasteiger partial charge in [0.2, 0.25) is 11.7 Å². The van der Waals surface area contributed by atoms with Gasteiger partial charge in [-0.1, -0.05) is 23.7 Å². The quantitative estimate of drug-likeness (QED) is 0.725. The van der Waals surface area contributed by atoms with Gasteiger partial charge in [0, 0.05) is 0 Å². The van der Waals surface area contributed by atoms with Gasteiger partial charge in [0.25, 0.3) is 0 Å². The van der Waals surface area contributed by atoms with E-state index in [0.717, 1.165) is 36.1 Å². The molecule has 1 aromatic carbocycles. The van der Waals surface area contributed by atoms with Crippen LogP contribution in [0.15, 0.2) is 45.7 Å². The molecule has 0 radical (unpaired) electrons. The molecule has 2 aromatic heterocycles. The summed E-state index contributed by atoms with van der Waals surface area (Å²) in [7, 11) is 1.70. The van der Waals surface area contributed by atoms with Crippen molar-refractivity contribution in [1.29, 1.82) is 0 Å². The number of ether oxygens (including phenoxy) is 1. The van der Waals surface area contributed by atoms with Crippen LogP contribution >= 0.6 is 0 Å². The van der Waals surface area contributed by atoms with E-state index in [9.17, 15) is 0 Å². The summed E-state index contributed by atoms with van der Waals surface area (Å²) in [5.74, 6) is 2.13. The molecule has 2 heterocycles. The zero-order chi connectivity index (χ0) is 15.9. The SMILES string of the molecule is COc1cc(C2(c3nc(-c4ccoc4)no3)CCC2)ccc1C. The third kappa shape index (κ3) is 2.15. The molecular formula is C18H18N2O3. The summed E-state index contributed by atoms with van der Waals surface area (Å²) in [6.07, 6.45) is 6.39. The van der Waals surface area contributed by atoms with E-state index in [1.807, 2.05) is 13.0 Å². The fourth-order valence-electron chi connectivity index (χ4n) is 3.20. The van der Waals surface area contributed by atoms with Crippen LogP contribution in [0.5, 0.6) is 5.75 Å². The lowest BCUT2D eigenvalue weighted by molar-refractivity contribution is 0.216. The molecule has 3 aromatic rings. The molecule has 0 aliphatic heterocycles. The molecule has 23 heavy (non-hydrogen) atoms. The monoisotopic (exact) mass is 310 g/mol. The zero-order valence-corrected chi connectivity index (χ0v) is 13.2. The van der Waals surface area contributed by atoms with Crippen molar-refractivity contribution in [1.82, 2.24) is 10.1 Å². The van der Waals surface area contributed by atoms with Crippen LogP contribution in [0.25, 0.3) is 11.4 Å². The highest BCUT2D eigenvalue weighted by Crippen LogP contribution is 2.49. The van der Waals surface area contributed by atoms with Gasteiger partial charge in [-0.2, -0.15) is 4.98 Å². The molecule has 0 bridgehead atoms. The van der Waals surface area contributed by atoms with Gasteiger partial charge in [0.05, 0.1) is 24.4 Å². The van der Waals surface area contributed by atoms with E-state index in [2.05, 4.69) is 28.3 Å². The molecule has 0 spiro atoms. The Labute approximate surface area is 134 Å². The van der Waals surface area contributed by atoms with Crippen LogP contribution in [0.3, 0.4) is 0 Å². The summed E-state index contributed by atoms with van der Waals surface area (Å²) >= 11 is 0. The van der Waals surface area contributed by atoms with Gasteiger partial charge in [-0.05, 0) is 43.0 Å². The summed E-state index contributed by atoms with van der Waals surface area (Å²) in [5, 5.41) is 4.11. The zero-order valence-electron chi connectivity index (χ0n) is 13.2. The molecule has 0 amide bonds. The Balaban J connectivity index is 1.76. The summed E-state index contributed by atoms with van der Waals surface area (Å²) in [5.41, 5.74) is 2.93. The normalized spacial score (nSPS) is 16.1. The first-order chi connectivity index (χ1) is 11.2. The Morgan fingerprint density at radius 1 is 1.22 bits per heavy atom. The fraction of sp³-hybridized carbons (Fsp3) is 0.333. The van der Waals surface area contributed by atoms with Crippen LogP contribution in [0.1, 0.15) is 36.3 Å². The number of methoxy groups -OCH3 is 1. The van der Waals surface area contributed by atoms with Crippen LogP contribution in [0.2, 0.25) is 0 Å². The minimum absolute atomic E-state index is 0.198. The standard InChI is InChI=1S/C18H18N2O3/c1-12-4-5-14(10-15(12)21-2)18(7-3-8-18)17-19-16(20-23-17)13-6-9-22-11-13/h4-6,9-11H,3,7-8H2,1-2H3. The Kier molecular flexibility index (Phi) is 3.22. The second kappa shape index (κ2) is 5.26. The van der Waals surface area contributed by atoms with Crippen LogP contribution in [0.4, 0.5) is 0 Å². The number of furan rings is 1. The maximum Gasteiger partial charge on any atom is 0.237 e. The fourth-order valence-corrected chi connectivity index (χ4v) is 3.20. The van der Waals surface area contributed by atoms with Crippen molar-refractivity contribution in [2.24, 2.45) is 0 Å². The van der Waals surface area contributed by atoms with Gasteiger partial charge in [0.15, 0.2) is 0 Å². The molecule has 1 saturated carbocycles. The Bertz CT molecular complexity index is 817. The van der Waals surface area contributed by atoms with Gasteiger partial charge in [-0.3, -0.25) is 0 Å². The number of aryl methyl sites for hydroxylation is 1. The summed E-state index contributed by atoms with van der Waals surface area (Å²) in [6.45, 7) is 2.04. The number of nitrogens with zero attached hydrogens (tertiary/aromatic N) is 2. The Morgan fingerprint density at radius 2 is 2.09 bits per heavy atom. The first kappa shape index (κ1) is 14.1. The van der Waals surface area contributed by atoms with Crippen molar-refractivity contribution in [3.05, 3.63) is 53.8 Å². The van der Waals surface area contributed by atoms with Crippen LogP contribution in [-0.4, -0.2) is 17.3 Å². The number of benzene rings is 1. The molecule has 5 heteroatoms. The van der Waals surface area contributed by atoms with Crippen molar-refractivity contribution in [3.63, 3.8) is 0 Å². The van der Waals surface area contributed by atoms with Gasteiger partial charge < -0.3 is 13.7 Å². The molecular weight excluding hydrogens is 292 g/mol. The largest absolute Gasteiger partial charge is 0.496 e. The number of hydrogen-bond donors (Lipinski definition) is 0. The molecule has 1 fully saturated rings. The minimum atomic E-state index is -0.198. The number of hydrogen-bond acceptors (Lipinski definition) is 5. The second-order valence-electron chi connectivity index (χ2n) is 6.06. The summed E-state index contributed by atoms with van der Waals surface area (Å²) in [6, 6.07) is 8.15. The lowest BCUT2D eigenvalue weighted by Gasteiger charge is -2.39. The highest BCUT2D eigenvalue weighted by atomic mass is 16.5. The lowest BCUT2D eigenvalue weighted by Crippen LogP contribution is -2.35. The first-order valence-electron chi connectivity index (χ1n) is 7.75. The van der Waals surface area contributed by atoms with Crippen LogP contribution in [-0.2, 0) is 5.41 Å². The third-order valence-corrected chi connectivity index (χ3v) is 4.78. The van der Waals surface area contributed by atoms with Crippen molar-refractivity contribution in [2.45, 2.75) is 31.6 Å². The lowest BCUT2D eigenvalue weighted by atomic mass is 9.64. The topological polar surface area (TPSA) is 61.3 Å². The Hall–Kier alpha value is -2.56. The van der Waals surface area contributed by atoms with Crippen molar-refractivity contribution in [3.8, 4) is 17.1 Å². The van der Waals surface area contributed by atoms with E-state index in [1.165, 1.54) is 5.56 Å². The van der Waals surface area contributed by atoms with E-state index in [0.29, 0.717) is 11.7 Å². The second-order valence-corrected chi connectivity index (χ2v) is 6.06. The van der Waals surface area contributed by atoms with E-state index in [1.54, 1.807) is 19.6 Å². The van der Waals surface area contributed by atoms with Gasteiger partial charge in [-0.25, -0.2) is 0 Å². The molecule has 0 saturated heterocycles. The van der Waals surface area contributed by atoms with Crippen molar-refractivity contribution < 1.29 is 13.7 Å². The summed E-state index contributed by atoms with van der Waals surface area (Å²) in [4.78, 5) is 4.62. The molecule has 118 valence electrons. The summed E-state index contributed by atoms with van der Waals surface area (Å²) < 4.78 is 16.2. The van der Waals surface area contributed by atoms with Gasteiger partial charge in [-0.15, -0.1) is 0 Å². The van der Waals surface area contributed by atoms with Crippen LogP contribution < -0.4 is 4.74 Å². The van der Waals surface area contributed by atoms with E-state index in [4.69, 9.17) is 13.7 Å². The van der Waals surface area contributed by atoms with Gasteiger partial charge in [0.1, 0.15) is 12.0 Å². The molecule has 5 nitrogen and oxygen atoms in total. The smallest absolute Gasteiger partial charge is 0.237 e. The molecule has 4 rings (SSSR count). The highest BCUT2D eigenvalue weighted by molar-refractivity contribution is 5.52. The number of rotatable bonds is 4. The van der Waals surface area contributed by atoms with Crippen molar-refractivity contribution in [2.75, 3.05) is 7.11 Å². The average Bonchev–Trinajstić information content (AvgIpc) is 3.18.